The quantitative estimate of drug-likeness (QED) is 0.780. The average Bonchev–Trinajstić information content (AvgIpc) is 3.08. The lowest BCUT2D eigenvalue weighted by molar-refractivity contribution is 0.917. The van der Waals surface area contributed by atoms with E-state index in [9.17, 15) is 0 Å². The number of nitriles is 1. The Balaban J connectivity index is 1.81. The minimum Gasteiger partial charge on any atom is -0.340 e. The van der Waals surface area contributed by atoms with Crippen molar-refractivity contribution in [2.24, 2.45) is 0 Å². The first-order valence-corrected chi connectivity index (χ1v) is 7.69. The van der Waals surface area contributed by atoms with Crippen LogP contribution in [0.2, 0.25) is 0 Å². The summed E-state index contributed by atoms with van der Waals surface area (Å²) in [6.45, 7) is 0. The number of nitrogens with one attached hydrogen (secondary N) is 1. The van der Waals surface area contributed by atoms with E-state index in [4.69, 9.17) is 5.26 Å². The summed E-state index contributed by atoms with van der Waals surface area (Å²) < 4.78 is 0. The predicted molar refractivity (Wildman–Crippen MR) is 83.9 cm³/mol. The van der Waals surface area contributed by atoms with E-state index in [0.717, 1.165) is 34.6 Å². The van der Waals surface area contributed by atoms with Crippen LogP contribution in [0.1, 0.15) is 22.4 Å². The van der Waals surface area contributed by atoms with Crippen LogP contribution in [-0.4, -0.2) is 9.97 Å². The van der Waals surface area contributed by atoms with Gasteiger partial charge in [-0.05, 0) is 43.0 Å². The number of aryl methyl sites for hydroxylation is 2. The SMILES string of the molecule is N#Cc1cccc(Nc2ncnc3sc4c(c23)CCC4)c1. The Labute approximate surface area is 126 Å². The van der Waals surface area contributed by atoms with Crippen LogP contribution in [0.25, 0.3) is 10.2 Å². The third kappa shape index (κ3) is 2.05. The highest BCUT2D eigenvalue weighted by Gasteiger charge is 2.21. The van der Waals surface area contributed by atoms with Crippen LogP contribution in [0.15, 0.2) is 30.6 Å². The van der Waals surface area contributed by atoms with Crippen molar-refractivity contribution >= 4 is 33.1 Å². The van der Waals surface area contributed by atoms with Gasteiger partial charge in [-0.15, -0.1) is 11.3 Å². The Morgan fingerprint density at radius 1 is 1.24 bits per heavy atom. The van der Waals surface area contributed by atoms with E-state index < -0.39 is 0 Å². The summed E-state index contributed by atoms with van der Waals surface area (Å²) in [5, 5.41) is 13.5. The van der Waals surface area contributed by atoms with Crippen LogP contribution in [0.4, 0.5) is 11.5 Å². The summed E-state index contributed by atoms with van der Waals surface area (Å²) in [6.07, 6.45) is 5.08. The molecule has 1 aromatic carbocycles. The van der Waals surface area contributed by atoms with Crippen molar-refractivity contribution in [3.63, 3.8) is 0 Å². The number of anilines is 2. The summed E-state index contributed by atoms with van der Waals surface area (Å²) in [5.41, 5.74) is 2.92. The molecule has 4 nitrogen and oxygen atoms in total. The maximum atomic E-state index is 8.99. The molecule has 1 N–H and O–H groups in total. The van der Waals surface area contributed by atoms with Crippen LogP contribution < -0.4 is 5.32 Å². The van der Waals surface area contributed by atoms with Gasteiger partial charge < -0.3 is 5.32 Å². The van der Waals surface area contributed by atoms with E-state index in [2.05, 4.69) is 21.4 Å². The van der Waals surface area contributed by atoms with Gasteiger partial charge in [-0.25, -0.2) is 9.97 Å². The lowest BCUT2D eigenvalue weighted by Gasteiger charge is -2.07. The van der Waals surface area contributed by atoms with E-state index in [1.807, 2.05) is 18.2 Å². The number of benzene rings is 1. The minimum absolute atomic E-state index is 0.640. The predicted octanol–water partition coefficient (Wildman–Crippen LogP) is 3.80. The lowest BCUT2D eigenvalue weighted by atomic mass is 10.1. The van der Waals surface area contributed by atoms with Crippen molar-refractivity contribution in [3.05, 3.63) is 46.6 Å². The molecule has 2 heterocycles. The summed E-state index contributed by atoms with van der Waals surface area (Å²) in [7, 11) is 0. The number of thiophene rings is 1. The van der Waals surface area contributed by atoms with Gasteiger partial charge in [-0.1, -0.05) is 6.07 Å². The summed E-state index contributed by atoms with van der Waals surface area (Å²) >= 11 is 1.78. The van der Waals surface area contributed by atoms with E-state index in [1.165, 1.54) is 16.9 Å². The monoisotopic (exact) mass is 292 g/mol. The molecule has 1 aliphatic carbocycles. The molecule has 2 aromatic heterocycles. The molecule has 0 atom stereocenters. The first-order chi connectivity index (χ1) is 10.3. The van der Waals surface area contributed by atoms with Crippen molar-refractivity contribution in [1.82, 2.24) is 9.97 Å². The van der Waals surface area contributed by atoms with Gasteiger partial charge in [-0.2, -0.15) is 5.26 Å². The van der Waals surface area contributed by atoms with Gasteiger partial charge in [0.05, 0.1) is 17.0 Å². The second kappa shape index (κ2) is 4.83. The zero-order valence-corrected chi connectivity index (χ0v) is 12.1. The third-order valence-electron chi connectivity index (χ3n) is 3.76. The molecule has 3 aromatic rings. The zero-order valence-electron chi connectivity index (χ0n) is 11.3. The maximum absolute atomic E-state index is 8.99. The molecule has 0 bridgehead atoms. The Morgan fingerprint density at radius 2 is 2.19 bits per heavy atom. The molecule has 0 unspecified atom stereocenters. The normalized spacial score (nSPS) is 13.1. The smallest absolute Gasteiger partial charge is 0.142 e. The van der Waals surface area contributed by atoms with Crippen LogP contribution in [0.5, 0.6) is 0 Å². The molecule has 4 rings (SSSR count). The third-order valence-corrected chi connectivity index (χ3v) is 4.96. The highest BCUT2D eigenvalue weighted by Crippen LogP contribution is 2.39. The van der Waals surface area contributed by atoms with Crippen LogP contribution in [0.3, 0.4) is 0 Å². The summed E-state index contributed by atoms with van der Waals surface area (Å²) in [4.78, 5) is 11.3. The van der Waals surface area contributed by atoms with Crippen molar-refractivity contribution in [2.75, 3.05) is 5.32 Å². The van der Waals surface area contributed by atoms with Crippen LogP contribution >= 0.6 is 11.3 Å². The maximum Gasteiger partial charge on any atom is 0.142 e. The van der Waals surface area contributed by atoms with E-state index >= 15 is 0 Å². The van der Waals surface area contributed by atoms with Gasteiger partial charge in [0.25, 0.3) is 0 Å². The molecule has 0 radical (unpaired) electrons. The van der Waals surface area contributed by atoms with Gasteiger partial charge in [0.1, 0.15) is 17.0 Å². The Morgan fingerprint density at radius 3 is 3.10 bits per heavy atom. The fourth-order valence-corrected chi connectivity index (χ4v) is 4.06. The first-order valence-electron chi connectivity index (χ1n) is 6.87. The molecular weight excluding hydrogens is 280 g/mol. The van der Waals surface area contributed by atoms with Gasteiger partial charge >= 0.3 is 0 Å². The number of hydrogen-bond donors (Lipinski definition) is 1. The molecule has 1 aliphatic rings. The van der Waals surface area contributed by atoms with Crippen LogP contribution in [0, 0.1) is 11.3 Å². The minimum atomic E-state index is 0.640. The summed E-state index contributed by atoms with van der Waals surface area (Å²) in [6, 6.07) is 9.60. The average molecular weight is 292 g/mol. The molecule has 0 fully saturated rings. The van der Waals surface area contributed by atoms with E-state index in [1.54, 1.807) is 23.7 Å². The second-order valence-corrected chi connectivity index (χ2v) is 6.16. The molecule has 0 aliphatic heterocycles. The number of aromatic nitrogens is 2. The van der Waals surface area contributed by atoms with Gasteiger partial charge in [-0.3, -0.25) is 0 Å². The van der Waals surface area contributed by atoms with Crippen LogP contribution in [-0.2, 0) is 12.8 Å². The van der Waals surface area contributed by atoms with Gasteiger partial charge in [0.15, 0.2) is 0 Å². The lowest BCUT2D eigenvalue weighted by Crippen LogP contribution is -1.96. The first kappa shape index (κ1) is 12.3. The second-order valence-electron chi connectivity index (χ2n) is 5.08. The van der Waals surface area contributed by atoms with Crippen molar-refractivity contribution in [2.45, 2.75) is 19.3 Å². The number of hydrogen-bond acceptors (Lipinski definition) is 5. The van der Waals surface area contributed by atoms with Gasteiger partial charge in [0.2, 0.25) is 0 Å². The molecular formula is C16H12N4S. The number of nitrogens with zero attached hydrogens (tertiary/aromatic N) is 3. The summed E-state index contributed by atoms with van der Waals surface area (Å²) in [5.74, 6) is 0.842. The molecule has 0 spiro atoms. The molecule has 0 saturated heterocycles. The van der Waals surface area contributed by atoms with Gasteiger partial charge in [0, 0.05) is 10.6 Å². The Kier molecular flexibility index (Phi) is 2.83. The zero-order chi connectivity index (χ0) is 14.2. The Hall–Kier alpha value is -2.45. The van der Waals surface area contributed by atoms with Crippen molar-refractivity contribution in [1.29, 1.82) is 5.26 Å². The topological polar surface area (TPSA) is 61.6 Å². The number of fused-ring (bicyclic) bond motifs is 3. The molecule has 5 heteroatoms. The molecule has 0 amide bonds. The van der Waals surface area contributed by atoms with E-state index in [0.29, 0.717) is 5.56 Å². The molecule has 102 valence electrons. The standard InChI is InChI=1S/C16H12N4S/c17-8-10-3-1-4-11(7-10)20-15-14-12-5-2-6-13(12)21-16(14)19-9-18-15/h1,3-4,7,9H,2,5-6H2,(H,18,19,20). The fraction of sp³-hybridized carbons (Fsp3) is 0.188. The fourth-order valence-electron chi connectivity index (χ4n) is 2.83. The van der Waals surface area contributed by atoms with E-state index in [-0.39, 0.29) is 0 Å². The van der Waals surface area contributed by atoms with Crippen molar-refractivity contribution < 1.29 is 0 Å². The Bertz CT molecular complexity index is 876. The highest BCUT2D eigenvalue weighted by molar-refractivity contribution is 7.19. The number of rotatable bonds is 2. The van der Waals surface area contributed by atoms with Crippen molar-refractivity contribution in [3.8, 4) is 6.07 Å². The largest absolute Gasteiger partial charge is 0.340 e. The molecule has 21 heavy (non-hydrogen) atoms. The molecule has 0 saturated carbocycles. The highest BCUT2D eigenvalue weighted by atomic mass is 32.1.